The van der Waals surface area contributed by atoms with Crippen LogP contribution >= 0.6 is 0 Å². The van der Waals surface area contributed by atoms with Crippen molar-refractivity contribution >= 4 is 11.7 Å². The van der Waals surface area contributed by atoms with E-state index in [1.807, 2.05) is 0 Å². The van der Waals surface area contributed by atoms with Gasteiger partial charge in [0.25, 0.3) is 5.91 Å². The molecule has 0 fully saturated rings. The summed E-state index contributed by atoms with van der Waals surface area (Å²) in [5, 5.41) is 2.40. The SMILES string of the molecule is COc1ccc(C)nc1NC(=O)c1cc(F)ccc1F. The number of aromatic nitrogens is 1. The topological polar surface area (TPSA) is 51.2 Å². The van der Waals surface area contributed by atoms with Crippen molar-refractivity contribution in [2.24, 2.45) is 0 Å². The van der Waals surface area contributed by atoms with Gasteiger partial charge in [-0.2, -0.15) is 0 Å². The van der Waals surface area contributed by atoms with Gasteiger partial charge in [-0.3, -0.25) is 4.79 Å². The number of halogens is 2. The van der Waals surface area contributed by atoms with Gasteiger partial charge in [-0.25, -0.2) is 13.8 Å². The standard InChI is InChI=1S/C14H12F2N2O2/c1-8-3-6-12(20-2)13(17-8)18-14(19)10-7-9(15)4-5-11(10)16/h3-7H,1-2H3,(H,17,18,19). The number of carbonyl (C=O) groups is 1. The van der Waals surface area contributed by atoms with Gasteiger partial charge in [0.05, 0.1) is 12.7 Å². The third kappa shape index (κ3) is 2.90. The number of amides is 1. The second-order valence-electron chi connectivity index (χ2n) is 4.08. The van der Waals surface area contributed by atoms with E-state index in [9.17, 15) is 13.6 Å². The van der Waals surface area contributed by atoms with Gasteiger partial charge in [0.1, 0.15) is 11.6 Å². The largest absolute Gasteiger partial charge is 0.493 e. The number of ether oxygens (including phenoxy) is 1. The number of benzene rings is 1. The van der Waals surface area contributed by atoms with E-state index < -0.39 is 23.1 Å². The molecule has 0 saturated carbocycles. The highest BCUT2D eigenvalue weighted by Gasteiger charge is 2.15. The van der Waals surface area contributed by atoms with Crippen LogP contribution in [0.4, 0.5) is 14.6 Å². The van der Waals surface area contributed by atoms with Crippen molar-refractivity contribution in [1.29, 1.82) is 0 Å². The second-order valence-corrected chi connectivity index (χ2v) is 4.08. The molecule has 1 N–H and O–H groups in total. The van der Waals surface area contributed by atoms with Crippen molar-refractivity contribution in [3.05, 3.63) is 53.2 Å². The van der Waals surface area contributed by atoms with Gasteiger partial charge in [-0.15, -0.1) is 0 Å². The number of anilines is 1. The molecule has 20 heavy (non-hydrogen) atoms. The molecular weight excluding hydrogens is 266 g/mol. The number of aryl methyl sites for hydroxylation is 1. The Morgan fingerprint density at radius 3 is 2.70 bits per heavy atom. The Balaban J connectivity index is 2.32. The third-order valence-corrected chi connectivity index (χ3v) is 2.62. The molecule has 4 nitrogen and oxygen atoms in total. The van der Waals surface area contributed by atoms with Crippen LogP contribution in [0.1, 0.15) is 16.1 Å². The molecule has 0 spiro atoms. The number of nitrogens with zero attached hydrogens (tertiary/aromatic N) is 1. The number of carbonyl (C=O) groups excluding carboxylic acids is 1. The maximum atomic E-state index is 13.5. The van der Waals surface area contributed by atoms with Crippen LogP contribution in [0.2, 0.25) is 0 Å². The van der Waals surface area contributed by atoms with Gasteiger partial charge in [-0.1, -0.05) is 0 Å². The minimum Gasteiger partial charge on any atom is -0.493 e. The quantitative estimate of drug-likeness (QED) is 0.939. The van der Waals surface area contributed by atoms with E-state index in [0.717, 1.165) is 18.2 Å². The van der Waals surface area contributed by atoms with Crippen molar-refractivity contribution in [3.63, 3.8) is 0 Å². The molecule has 0 radical (unpaired) electrons. The van der Waals surface area contributed by atoms with Gasteiger partial charge in [0.2, 0.25) is 0 Å². The summed E-state index contributed by atoms with van der Waals surface area (Å²) in [6.07, 6.45) is 0. The van der Waals surface area contributed by atoms with E-state index in [2.05, 4.69) is 10.3 Å². The Morgan fingerprint density at radius 1 is 1.25 bits per heavy atom. The summed E-state index contributed by atoms with van der Waals surface area (Å²) in [4.78, 5) is 16.0. The lowest BCUT2D eigenvalue weighted by Crippen LogP contribution is -2.16. The minimum atomic E-state index is -0.810. The first kappa shape index (κ1) is 13.9. The molecule has 0 saturated heterocycles. The molecule has 6 heteroatoms. The Kier molecular flexibility index (Phi) is 3.93. The van der Waals surface area contributed by atoms with Crippen molar-refractivity contribution in [3.8, 4) is 5.75 Å². The molecule has 2 aromatic rings. The van der Waals surface area contributed by atoms with Crippen molar-refractivity contribution in [2.75, 3.05) is 12.4 Å². The number of hydrogen-bond donors (Lipinski definition) is 1. The number of rotatable bonds is 3. The molecule has 104 valence electrons. The normalized spacial score (nSPS) is 10.2. The first-order valence-corrected chi connectivity index (χ1v) is 5.79. The molecule has 0 aliphatic rings. The zero-order chi connectivity index (χ0) is 14.7. The van der Waals surface area contributed by atoms with Gasteiger partial charge < -0.3 is 10.1 Å². The van der Waals surface area contributed by atoms with E-state index in [0.29, 0.717) is 11.4 Å². The minimum absolute atomic E-state index is 0.154. The predicted octanol–water partition coefficient (Wildman–Crippen LogP) is 2.93. The summed E-state index contributed by atoms with van der Waals surface area (Å²) in [7, 11) is 1.42. The molecule has 0 aliphatic heterocycles. The van der Waals surface area contributed by atoms with Crippen molar-refractivity contribution in [1.82, 2.24) is 4.98 Å². The highest BCUT2D eigenvalue weighted by atomic mass is 19.1. The summed E-state index contributed by atoms with van der Waals surface area (Å²) >= 11 is 0. The van der Waals surface area contributed by atoms with Crippen molar-refractivity contribution in [2.45, 2.75) is 6.92 Å². The number of hydrogen-bond acceptors (Lipinski definition) is 3. The van der Waals surface area contributed by atoms with Crippen LogP contribution in [0.5, 0.6) is 5.75 Å². The Morgan fingerprint density at radius 2 is 2.00 bits per heavy atom. The van der Waals surface area contributed by atoms with Crippen LogP contribution < -0.4 is 10.1 Å². The fraction of sp³-hybridized carbons (Fsp3) is 0.143. The van der Waals surface area contributed by atoms with Crippen LogP contribution in [0.25, 0.3) is 0 Å². The second kappa shape index (κ2) is 5.64. The number of methoxy groups -OCH3 is 1. The summed E-state index contributed by atoms with van der Waals surface area (Å²) in [6, 6.07) is 5.99. The lowest BCUT2D eigenvalue weighted by Gasteiger charge is -2.10. The molecule has 1 heterocycles. The van der Waals surface area contributed by atoms with Gasteiger partial charge in [0.15, 0.2) is 11.6 Å². The van der Waals surface area contributed by atoms with E-state index in [-0.39, 0.29) is 5.82 Å². The molecule has 2 rings (SSSR count). The fourth-order valence-electron chi connectivity index (χ4n) is 1.64. The van der Waals surface area contributed by atoms with E-state index in [1.54, 1.807) is 19.1 Å². The average molecular weight is 278 g/mol. The molecule has 0 unspecified atom stereocenters. The highest BCUT2D eigenvalue weighted by molar-refractivity contribution is 6.04. The summed E-state index contributed by atoms with van der Waals surface area (Å²) in [5.74, 6) is -1.81. The lowest BCUT2D eigenvalue weighted by atomic mass is 10.2. The van der Waals surface area contributed by atoms with Gasteiger partial charge in [0, 0.05) is 5.69 Å². The maximum absolute atomic E-state index is 13.5. The van der Waals surface area contributed by atoms with Gasteiger partial charge in [-0.05, 0) is 37.3 Å². The zero-order valence-electron chi connectivity index (χ0n) is 10.9. The highest BCUT2D eigenvalue weighted by Crippen LogP contribution is 2.22. The molecule has 1 amide bonds. The van der Waals surface area contributed by atoms with E-state index in [4.69, 9.17) is 4.74 Å². The van der Waals surface area contributed by atoms with Crippen LogP contribution in [0.3, 0.4) is 0 Å². The molecular formula is C14H12F2N2O2. The number of pyridine rings is 1. The smallest absolute Gasteiger partial charge is 0.259 e. The van der Waals surface area contributed by atoms with E-state index in [1.165, 1.54) is 7.11 Å². The van der Waals surface area contributed by atoms with Gasteiger partial charge >= 0.3 is 0 Å². The monoisotopic (exact) mass is 278 g/mol. The first-order chi connectivity index (χ1) is 9.51. The lowest BCUT2D eigenvalue weighted by molar-refractivity contribution is 0.102. The molecule has 0 atom stereocenters. The molecule has 1 aromatic heterocycles. The molecule has 0 bridgehead atoms. The van der Waals surface area contributed by atoms with Crippen LogP contribution in [0.15, 0.2) is 30.3 Å². The van der Waals surface area contributed by atoms with E-state index >= 15 is 0 Å². The molecule has 0 aliphatic carbocycles. The zero-order valence-corrected chi connectivity index (χ0v) is 10.9. The average Bonchev–Trinajstić information content (AvgIpc) is 2.41. The Labute approximate surface area is 114 Å². The van der Waals surface area contributed by atoms with Crippen molar-refractivity contribution < 1.29 is 18.3 Å². The number of nitrogens with one attached hydrogen (secondary N) is 1. The van der Waals surface area contributed by atoms with Crippen LogP contribution in [-0.4, -0.2) is 18.0 Å². The third-order valence-electron chi connectivity index (χ3n) is 2.62. The van der Waals surface area contributed by atoms with Crippen LogP contribution in [0, 0.1) is 18.6 Å². The fourth-order valence-corrected chi connectivity index (χ4v) is 1.64. The predicted molar refractivity (Wildman–Crippen MR) is 69.8 cm³/mol. The first-order valence-electron chi connectivity index (χ1n) is 5.79. The molecule has 1 aromatic carbocycles. The summed E-state index contributed by atoms with van der Waals surface area (Å²) in [6.45, 7) is 1.73. The summed E-state index contributed by atoms with van der Waals surface area (Å²) in [5.41, 5.74) is 0.260. The summed E-state index contributed by atoms with van der Waals surface area (Å²) < 4.78 is 31.6. The Bertz CT molecular complexity index is 660. The van der Waals surface area contributed by atoms with Crippen LogP contribution in [-0.2, 0) is 0 Å². The Hall–Kier alpha value is -2.50. The maximum Gasteiger partial charge on any atom is 0.259 e.